The van der Waals surface area contributed by atoms with Crippen LogP contribution in [0.15, 0.2) is 24.3 Å². The maximum absolute atomic E-state index is 12.4. The number of nitrogens with zero attached hydrogens (tertiary/aromatic N) is 1. The molecule has 1 fully saturated rings. The number of para-hydroxylation sites is 1. The van der Waals surface area contributed by atoms with Crippen LogP contribution in [0, 0.1) is 0 Å². The van der Waals surface area contributed by atoms with Gasteiger partial charge in [-0.15, -0.1) is 0 Å². The molecule has 0 aromatic heterocycles. The van der Waals surface area contributed by atoms with Crippen LogP contribution in [0.2, 0.25) is 0 Å². The average Bonchev–Trinajstić information content (AvgIpc) is 2.29. The van der Waals surface area contributed by atoms with E-state index in [-0.39, 0.29) is 23.7 Å². The number of amides is 1. The molecule has 0 radical (unpaired) electrons. The molecule has 1 N–H and O–H groups in total. The maximum atomic E-state index is 12.4. The monoisotopic (exact) mass is 233 g/mol. The van der Waals surface area contributed by atoms with Crippen molar-refractivity contribution in [2.75, 3.05) is 0 Å². The van der Waals surface area contributed by atoms with Crippen LogP contribution in [-0.2, 0) is 0 Å². The minimum absolute atomic E-state index is 0.0530. The minimum Gasteiger partial charge on any atom is -0.507 e. The van der Waals surface area contributed by atoms with Crippen molar-refractivity contribution in [3.8, 4) is 5.75 Å². The van der Waals surface area contributed by atoms with Crippen molar-refractivity contribution >= 4 is 5.91 Å². The van der Waals surface area contributed by atoms with Crippen molar-refractivity contribution in [3.05, 3.63) is 29.8 Å². The third-order valence-electron chi connectivity index (χ3n) is 3.56. The van der Waals surface area contributed by atoms with Crippen molar-refractivity contribution in [1.29, 1.82) is 0 Å². The van der Waals surface area contributed by atoms with Crippen molar-refractivity contribution in [3.63, 3.8) is 0 Å². The van der Waals surface area contributed by atoms with Gasteiger partial charge in [-0.1, -0.05) is 12.1 Å². The molecule has 1 aliphatic heterocycles. The molecule has 0 unspecified atom stereocenters. The molecule has 1 heterocycles. The van der Waals surface area contributed by atoms with E-state index in [1.54, 1.807) is 24.3 Å². The molecule has 2 atom stereocenters. The highest BCUT2D eigenvalue weighted by atomic mass is 16.3. The Morgan fingerprint density at radius 1 is 1.24 bits per heavy atom. The van der Waals surface area contributed by atoms with E-state index in [2.05, 4.69) is 13.8 Å². The predicted molar refractivity (Wildman–Crippen MR) is 67.1 cm³/mol. The highest BCUT2D eigenvalue weighted by Crippen LogP contribution is 2.27. The van der Waals surface area contributed by atoms with Gasteiger partial charge < -0.3 is 10.0 Å². The van der Waals surface area contributed by atoms with Gasteiger partial charge in [-0.3, -0.25) is 4.79 Å². The average molecular weight is 233 g/mol. The van der Waals surface area contributed by atoms with Gasteiger partial charge in [0.15, 0.2) is 0 Å². The van der Waals surface area contributed by atoms with Crippen LogP contribution in [0.3, 0.4) is 0 Å². The first-order valence-corrected chi connectivity index (χ1v) is 6.22. The normalized spacial score (nSPS) is 24.7. The number of phenols is 1. The second-order valence-electron chi connectivity index (χ2n) is 4.86. The number of likely N-dealkylation sites (tertiary alicyclic amines) is 1. The summed E-state index contributed by atoms with van der Waals surface area (Å²) >= 11 is 0. The summed E-state index contributed by atoms with van der Waals surface area (Å²) < 4.78 is 0. The van der Waals surface area contributed by atoms with Crippen LogP contribution in [0.1, 0.15) is 43.5 Å². The summed E-state index contributed by atoms with van der Waals surface area (Å²) in [7, 11) is 0. The van der Waals surface area contributed by atoms with Gasteiger partial charge in [0.1, 0.15) is 5.75 Å². The lowest BCUT2D eigenvalue weighted by molar-refractivity contribution is 0.0508. The predicted octanol–water partition coefficient (Wildman–Crippen LogP) is 2.80. The van der Waals surface area contributed by atoms with E-state index in [0.29, 0.717) is 5.56 Å². The van der Waals surface area contributed by atoms with Crippen LogP contribution in [-0.4, -0.2) is 28.0 Å². The summed E-state index contributed by atoms with van der Waals surface area (Å²) in [5.74, 6) is 0.0188. The fourth-order valence-corrected chi connectivity index (χ4v) is 2.62. The molecule has 0 bridgehead atoms. The van der Waals surface area contributed by atoms with Crippen LogP contribution in [0.25, 0.3) is 0 Å². The summed E-state index contributed by atoms with van der Waals surface area (Å²) in [5.41, 5.74) is 0.410. The molecule has 0 aliphatic carbocycles. The quantitative estimate of drug-likeness (QED) is 0.810. The van der Waals surface area contributed by atoms with Gasteiger partial charge in [-0.05, 0) is 45.2 Å². The third kappa shape index (κ3) is 2.28. The zero-order chi connectivity index (χ0) is 12.4. The Labute approximate surface area is 102 Å². The standard InChI is InChI=1S/C14H19NO2/c1-10-6-5-7-11(2)15(10)14(17)12-8-3-4-9-13(12)16/h3-4,8-11,16H,5-7H2,1-2H3/t10-,11+. The molecule has 2 rings (SSSR count). The maximum Gasteiger partial charge on any atom is 0.258 e. The molecule has 1 aromatic carbocycles. The second kappa shape index (κ2) is 4.78. The summed E-state index contributed by atoms with van der Waals surface area (Å²) in [6, 6.07) is 7.27. The summed E-state index contributed by atoms with van der Waals surface area (Å²) in [6.07, 6.45) is 3.26. The molecular formula is C14H19NO2. The van der Waals surface area contributed by atoms with E-state index >= 15 is 0 Å². The highest BCUT2D eigenvalue weighted by molar-refractivity contribution is 5.97. The Bertz CT molecular complexity index is 406. The van der Waals surface area contributed by atoms with E-state index in [1.807, 2.05) is 4.90 Å². The van der Waals surface area contributed by atoms with Crippen molar-refractivity contribution in [2.45, 2.75) is 45.2 Å². The molecular weight excluding hydrogens is 214 g/mol. The number of phenolic OH excluding ortho intramolecular Hbond substituents is 1. The molecule has 0 saturated carbocycles. The number of rotatable bonds is 1. The molecule has 3 heteroatoms. The largest absolute Gasteiger partial charge is 0.507 e. The molecule has 1 aromatic rings. The lowest BCUT2D eigenvalue weighted by Crippen LogP contribution is -2.47. The van der Waals surface area contributed by atoms with E-state index in [9.17, 15) is 9.90 Å². The molecule has 1 amide bonds. The summed E-state index contributed by atoms with van der Waals surface area (Å²) in [4.78, 5) is 14.3. The van der Waals surface area contributed by atoms with Gasteiger partial charge in [0.2, 0.25) is 0 Å². The Morgan fingerprint density at radius 2 is 1.82 bits per heavy atom. The Kier molecular flexibility index (Phi) is 3.36. The van der Waals surface area contributed by atoms with Gasteiger partial charge in [-0.2, -0.15) is 0 Å². The number of carbonyl (C=O) groups excluding carboxylic acids is 1. The van der Waals surface area contributed by atoms with E-state index < -0.39 is 0 Å². The van der Waals surface area contributed by atoms with Gasteiger partial charge in [-0.25, -0.2) is 0 Å². The lowest BCUT2D eigenvalue weighted by atomic mass is 9.96. The molecule has 3 nitrogen and oxygen atoms in total. The first-order valence-electron chi connectivity index (χ1n) is 6.22. The van der Waals surface area contributed by atoms with Crippen molar-refractivity contribution in [1.82, 2.24) is 4.90 Å². The lowest BCUT2D eigenvalue weighted by Gasteiger charge is -2.39. The molecule has 0 spiro atoms. The van der Waals surface area contributed by atoms with Gasteiger partial charge >= 0.3 is 0 Å². The molecule has 92 valence electrons. The Morgan fingerprint density at radius 3 is 2.41 bits per heavy atom. The summed E-state index contributed by atoms with van der Waals surface area (Å²) in [6.45, 7) is 4.15. The van der Waals surface area contributed by atoms with Gasteiger partial charge in [0.25, 0.3) is 5.91 Å². The molecule has 1 saturated heterocycles. The zero-order valence-electron chi connectivity index (χ0n) is 10.4. The number of carbonyl (C=O) groups is 1. The first-order chi connectivity index (χ1) is 8.11. The van der Waals surface area contributed by atoms with E-state index in [1.165, 1.54) is 6.42 Å². The van der Waals surface area contributed by atoms with Crippen LogP contribution in [0.5, 0.6) is 5.75 Å². The fraction of sp³-hybridized carbons (Fsp3) is 0.500. The third-order valence-corrected chi connectivity index (χ3v) is 3.56. The topological polar surface area (TPSA) is 40.5 Å². The second-order valence-corrected chi connectivity index (χ2v) is 4.86. The number of hydrogen-bond acceptors (Lipinski definition) is 2. The van der Waals surface area contributed by atoms with Gasteiger partial charge in [0.05, 0.1) is 5.56 Å². The van der Waals surface area contributed by atoms with Crippen molar-refractivity contribution in [2.24, 2.45) is 0 Å². The van der Waals surface area contributed by atoms with E-state index in [4.69, 9.17) is 0 Å². The Hall–Kier alpha value is -1.51. The zero-order valence-corrected chi connectivity index (χ0v) is 10.4. The molecule has 1 aliphatic rings. The van der Waals surface area contributed by atoms with Crippen LogP contribution in [0.4, 0.5) is 0 Å². The smallest absolute Gasteiger partial charge is 0.258 e. The number of piperidine rings is 1. The number of aromatic hydroxyl groups is 1. The van der Waals surface area contributed by atoms with Crippen LogP contribution < -0.4 is 0 Å². The fourth-order valence-electron chi connectivity index (χ4n) is 2.62. The van der Waals surface area contributed by atoms with Crippen molar-refractivity contribution < 1.29 is 9.90 Å². The highest BCUT2D eigenvalue weighted by Gasteiger charge is 2.30. The number of hydrogen-bond donors (Lipinski definition) is 1. The number of benzene rings is 1. The summed E-state index contributed by atoms with van der Waals surface area (Å²) in [5, 5.41) is 9.74. The Balaban J connectivity index is 2.27. The van der Waals surface area contributed by atoms with E-state index in [0.717, 1.165) is 12.8 Å². The molecule has 17 heavy (non-hydrogen) atoms. The SMILES string of the molecule is C[C@@H]1CCC[C@H](C)N1C(=O)c1ccccc1O. The minimum atomic E-state index is -0.0530. The van der Waals surface area contributed by atoms with Gasteiger partial charge in [0, 0.05) is 12.1 Å². The first kappa shape index (κ1) is 12.0. The van der Waals surface area contributed by atoms with Crippen LogP contribution >= 0.6 is 0 Å².